The van der Waals surface area contributed by atoms with Gasteiger partial charge in [0, 0.05) is 24.5 Å². The van der Waals surface area contributed by atoms with Gasteiger partial charge in [0.1, 0.15) is 5.82 Å². The molecule has 0 spiro atoms. The number of rotatable bonds is 5. The summed E-state index contributed by atoms with van der Waals surface area (Å²) in [4.78, 5) is 36.3. The number of benzene rings is 2. The van der Waals surface area contributed by atoms with E-state index < -0.39 is 0 Å². The van der Waals surface area contributed by atoms with Crippen molar-refractivity contribution in [2.45, 2.75) is 19.4 Å². The molecule has 0 saturated carbocycles. The first-order chi connectivity index (χ1) is 14.9. The maximum atomic E-state index is 12.7. The van der Waals surface area contributed by atoms with Gasteiger partial charge in [-0.2, -0.15) is 5.10 Å². The highest BCUT2D eigenvalue weighted by Gasteiger charge is 2.24. The Hall–Kier alpha value is -3.36. The lowest BCUT2D eigenvalue weighted by atomic mass is 10.1. The summed E-state index contributed by atoms with van der Waals surface area (Å²) < 4.78 is 1.60. The van der Waals surface area contributed by atoms with Gasteiger partial charge >= 0.3 is 0 Å². The fourth-order valence-electron chi connectivity index (χ4n) is 3.13. The molecule has 0 atom stereocenters. The number of hydrogen-bond acceptors (Lipinski definition) is 4. The van der Waals surface area contributed by atoms with E-state index in [1.165, 1.54) is 5.01 Å². The van der Waals surface area contributed by atoms with Gasteiger partial charge in [-0.15, -0.1) is 0 Å². The third kappa shape index (κ3) is 4.55. The van der Waals surface area contributed by atoms with Crippen LogP contribution in [0.25, 0.3) is 0 Å². The van der Waals surface area contributed by atoms with Crippen molar-refractivity contribution < 1.29 is 14.4 Å². The molecule has 2 N–H and O–H groups in total. The first kappa shape index (κ1) is 20.9. The Balaban J connectivity index is 1.47. The Kier molecular flexibility index (Phi) is 5.92. The van der Waals surface area contributed by atoms with E-state index in [0.29, 0.717) is 33.7 Å². The van der Waals surface area contributed by atoms with Gasteiger partial charge in [-0.1, -0.05) is 35.3 Å². The second-order valence-electron chi connectivity index (χ2n) is 6.85. The van der Waals surface area contributed by atoms with Crippen LogP contribution in [0.15, 0.2) is 54.7 Å². The van der Waals surface area contributed by atoms with Crippen LogP contribution >= 0.6 is 23.2 Å². The van der Waals surface area contributed by atoms with E-state index in [2.05, 4.69) is 15.8 Å². The molecule has 4 rings (SSSR count). The molecule has 2 aromatic carbocycles. The highest BCUT2D eigenvalue weighted by atomic mass is 35.5. The van der Waals surface area contributed by atoms with E-state index in [9.17, 15) is 14.4 Å². The number of carbonyl (C=O) groups excluding carboxylic acids is 3. The van der Waals surface area contributed by atoms with Gasteiger partial charge in [0.15, 0.2) is 0 Å². The average Bonchev–Trinajstić information content (AvgIpc) is 3.19. The Morgan fingerprint density at radius 1 is 1.06 bits per heavy atom. The number of nitrogens with zero attached hydrogens (tertiary/aromatic N) is 3. The zero-order valence-corrected chi connectivity index (χ0v) is 17.7. The number of halogens is 2. The highest BCUT2D eigenvalue weighted by molar-refractivity contribution is 6.42. The summed E-state index contributed by atoms with van der Waals surface area (Å²) in [5.41, 5.74) is 4.15. The Bertz CT molecular complexity index is 1160. The summed E-state index contributed by atoms with van der Waals surface area (Å²) in [6, 6.07) is 13.4. The largest absolute Gasteiger partial charge is 0.307 e. The predicted octanol–water partition coefficient (Wildman–Crippen LogP) is 3.65. The maximum absolute atomic E-state index is 12.7. The Labute approximate surface area is 187 Å². The number of hydrogen-bond donors (Lipinski definition) is 2. The van der Waals surface area contributed by atoms with Crippen LogP contribution in [0.5, 0.6) is 0 Å². The van der Waals surface area contributed by atoms with Crippen LogP contribution in [0.1, 0.15) is 28.8 Å². The van der Waals surface area contributed by atoms with Gasteiger partial charge in [-0.3, -0.25) is 19.8 Å². The van der Waals surface area contributed by atoms with Gasteiger partial charge in [0.2, 0.25) is 11.8 Å². The minimum absolute atomic E-state index is 0.148. The van der Waals surface area contributed by atoms with Crippen LogP contribution in [0.4, 0.5) is 11.5 Å². The topological polar surface area (TPSA) is 96.3 Å². The van der Waals surface area contributed by atoms with Gasteiger partial charge in [-0.05, 0) is 35.9 Å². The van der Waals surface area contributed by atoms with Gasteiger partial charge in [0.05, 0.1) is 28.5 Å². The van der Waals surface area contributed by atoms with Gasteiger partial charge in [0.25, 0.3) is 5.91 Å². The lowest BCUT2D eigenvalue weighted by Crippen LogP contribution is -2.50. The molecule has 0 aliphatic carbocycles. The molecule has 1 aliphatic heterocycles. The summed E-state index contributed by atoms with van der Waals surface area (Å²) in [6.07, 6.45) is 1.89. The molecular formula is C21H17Cl2N5O3. The number of nitrogens with one attached hydrogen (secondary N) is 2. The van der Waals surface area contributed by atoms with Crippen LogP contribution in [0.3, 0.4) is 0 Å². The van der Waals surface area contributed by atoms with E-state index >= 15 is 0 Å². The zero-order valence-electron chi connectivity index (χ0n) is 16.1. The summed E-state index contributed by atoms with van der Waals surface area (Å²) in [5.74, 6) is -0.294. The van der Waals surface area contributed by atoms with Gasteiger partial charge < -0.3 is 5.32 Å². The lowest BCUT2D eigenvalue weighted by Gasteiger charge is -2.27. The van der Waals surface area contributed by atoms with E-state index in [1.807, 2.05) is 6.07 Å². The number of anilines is 2. The standard InChI is InChI=1S/C21H17Cl2N5O3/c22-16-3-1-2-14(20(16)23)12-27-17(10-11-24-27)25-21(31)13-4-6-15(7-5-13)28-19(30)9-8-18(29)26-28/h1-7,10-11H,8-9,12H2,(H,25,31)(H,26,29). The zero-order chi connectivity index (χ0) is 22.0. The molecule has 1 saturated heterocycles. The van der Waals surface area contributed by atoms with Crippen LogP contribution in [-0.2, 0) is 16.1 Å². The second kappa shape index (κ2) is 8.79. The fraction of sp³-hybridized carbons (Fsp3) is 0.143. The molecule has 31 heavy (non-hydrogen) atoms. The van der Waals surface area contributed by atoms with Crippen molar-refractivity contribution >= 4 is 52.4 Å². The highest BCUT2D eigenvalue weighted by Crippen LogP contribution is 2.27. The summed E-state index contributed by atoms with van der Waals surface area (Å²) in [5, 5.41) is 9.12. The average molecular weight is 458 g/mol. The van der Waals surface area contributed by atoms with Crippen LogP contribution in [0, 0.1) is 0 Å². The lowest BCUT2D eigenvalue weighted by molar-refractivity contribution is -0.130. The number of amides is 3. The molecule has 0 unspecified atom stereocenters. The summed E-state index contributed by atoms with van der Waals surface area (Å²) in [7, 11) is 0. The van der Waals surface area contributed by atoms with Crippen molar-refractivity contribution in [3.8, 4) is 0 Å². The molecule has 158 valence electrons. The van der Waals surface area contributed by atoms with Crippen molar-refractivity contribution in [1.82, 2.24) is 15.2 Å². The molecular weight excluding hydrogens is 441 g/mol. The van der Waals surface area contributed by atoms with Crippen LogP contribution in [-0.4, -0.2) is 27.5 Å². The second-order valence-corrected chi connectivity index (χ2v) is 7.64. The smallest absolute Gasteiger partial charge is 0.256 e. The molecule has 1 aliphatic rings. The number of carbonyl (C=O) groups is 3. The quantitative estimate of drug-likeness (QED) is 0.610. The summed E-state index contributed by atoms with van der Waals surface area (Å²) in [6.45, 7) is 0.331. The van der Waals surface area contributed by atoms with Crippen molar-refractivity contribution in [1.29, 1.82) is 0 Å². The first-order valence-electron chi connectivity index (χ1n) is 9.41. The summed E-state index contributed by atoms with van der Waals surface area (Å²) >= 11 is 12.3. The monoisotopic (exact) mass is 457 g/mol. The normalized spacial score (nSPS) is 13.8. The molecule has 0 bridgehead atoms. The number of aromatic nitrogens is 2. The molecule has 1 aromatic heterocycles. The minimum atomic E-state index is -0.348. The fourth-order valence-corrected chi connectivity index (χ4v) is 3.51. The minimum Gasteiger partial charge on any atom is -0.307 e. The SMILES string of the molecule is O=C1CCC(=O)N(c2ccc(C(=O)Nc3ccnn3Cc3cccc(Cl)c3Cl)cc2)N1. The molecule has 3 aromatic rings. The molecule has 10 heteroatoms. The third-order valence-corrected chi connectivity index (χ3v) is 5.61. The molecule has 8 nitrogen and oxygen atoms in total. The van der Waals surface area contributed by atoms with Crippen molar-refractivity contribution in [3.63, 3.8) is 0 Å². The molecule has 1 fully saturated rings. The van der Waals surface area contributed by atoms with Crippen molar-refractivity contribution in [3.05, 3.63) is 75.9 Å². The van der Waals surface area contributed by atoms with Crippen LogP contribution in [0.2, 0.25) is 10.0 Å². The third-order valence-electron chi connectivity index (χ3n) is 4.75. The van der Waals surface area contributed by atoms with Crippen molar-refractivity contribution in [2.75, 3.05) is 10.3 Å². The number of hydrazine groups is 1. The first-order valence-corrected chi connectivity index (χ1v) is 10.2. The van der Waals surface area contributed by atoms with Crippen molar-refractivity contribution in [2.24, 2.45) is 0 Å². The Morgan fingerprint density at radius 2 is 1.84 bits per heavy atom. The van der Waals surface area contributed by atoms with E-state index in [4.69, 9.17) is 23.2 Å². The molecule has 0 radical (unpaired) electrons. The molecule has 3 amide bonds. The van der Waals surface area contributed by atoms with Crippen LogP contribution < -0.4 is 15.8 Å². The maximum Gasteiger partial charge on any atom is 0.256 e. The van der Waals surface area contributed by atoms with E-state index in [0.717, 1.165) is 5.56 Å². The van der Waals surface area contributed by atoms with E-state index in [1.54, 1.807) is 53.3 Å². The van der Waals surface area contributed by atoms with Gasteiger partial charge in [-0.25, -0.2) is 9.69 Å². The predicted molar refractivity (Wildman–Crippen MR) is 117 cm³/mol. The molecule has 2 heterocycles. The Morgan fingerprint density at radius 3 is 2.61 bits per heavy atom. The van der Waals surface area contributed by atoms with E-state index in [-0.39, 0.29) is 30.6 Å².